The van der Waals surface area contributed by atoms with Crippen molar-refractivity contribution in [3.05, 3.63) is 0 Å². The predicted molar refractivity (Wildman–Crippen MR) is 118 cm³/mol. The van der Waals surface area contributed by atoms with Gasteiger partial charge in [-0.15, -0.1) is 0 Å². The van der Waals surface area contributed by atoms with Gasteiger partial charge in [0.1, 0.15) is 25.0 Å². The van der Waals surface area contributed by atoms with Crippen molar-refractivity contribution >= 4 is 30.1 Å². The Bertz CT molecular complexity index is 716. The summed E-state index contributed by atoms with van der Waals surface area (Å²) in [6.07, 6.45) is -4.36. The monoisotopic (exact) mass is 521 g/mol. The number of hydrogen-bond acceptors (Lipinski definition) is 13. The average molecular weight is 522 g/mol. The topological polar surface area (TPSA) is 171 Å². The van der Waals surface area contributed by atoms with Crippen molar-refractivity contribution in [1.82, 2.24) is 5.32 Å². The van der Waals surface area contributed by atoms with Crippen molar-refractivity contribution < 1.29 is 61.9 Å². The van der Waals surface area contributed by atoms with E-state index in [9.17, 15) is 24.0 Å². The Labute approximate surface area is 209 Å². The van der Waals surface area contributed by atoms with Gasteiger partial charge >= 0.3 is 17.9 Å². The highest BCUT2D eigenvalue weighted by Gasteiger charge is 2.51. The lowest BCUT2D eigenvalue weighted by Crippen LogP contribution is -2.66. The van der Waals surface area contributed by atoms with Crippen LogP contribution < -0.4 is 5.32 Å². The molecule has 1 aliphatic rings. The molecule has 206 valence electrons. The summed E-state index contributed by atoms with van der Waals surface area (Å²) < 4.78 is 42.6. The fraction of sp³-hybridized carbons (Fsp3) is 0.773. The second kappa shape index (κ2) is 17.7. The van der Waals surface area contributed by atoms with Crippen LogP contribution in [0.15, 0.2) is 0 Å². The first-order chi connectivity index (χ1) is 17.2. The highest BCUT2D eigenvalue weighted by Crippen LogP contribution is 2.29. The molecule has 0 aromatic heterocycles. The normalized spacial score (nSPS) is 23.4. The fourth-order valence-corrected chi connectivity index (χ4v) is 3.31. The lowest BCUT2D eigenvalue weighted by atomic mass is 9.94. The largest absolute Gasteiger partial charge is 0.469 e. The zero-order valence-corrected chi connectivity index (χ0v) is 20.9. The molecule has 0 aromatic carbocycles. The highest BCUT2D eigenvalue weighted by atomic mass is 16.7. The van der Waals surface area contributed by atoms with Crippen LogP contribution in [0.4, 0.5) is 0 Å². The van der Waals surface area contributed by atoms with Crippen molar-refractivity contribution in [2.45, 2.75) is 57.8 Å². The summed E-state index contributed by atoms with van der Waals surface area (Å²) in [4.78, 5) is 57.5. The van der Waals surface area contributed by atoms with Crippen molar-refractivity contribution in [3.8, 4) is 0 Å². The molecule has 1 saturated heterocycles. The number of methoxy groups -OCH3 is 1. The van der Waals surface area contributed by atoms with E-state index in [4.69, 9.17) is 33.2 Å². The maximum absolute atomic E-state index is 11.9. The first kappa shape index (κ1) is 31.4. The molecule has 0 bridgehead atoms. The fourth-order valence-electron chi connectivity index (χ4n) is 3.31. The minimum Gasteiger partial charge on any atom is -0.469 e. The van der Waals surface area contributed by atoms with E-state index in [2.05, 4.69) is 10.1 Å². The highest BCUT2D eigenvalue weighted by molar-refractivity contribution is 5.74. The molecule has 1 N–H and O–H groups in total. The second-order valence-corrected chi connectivity index (χ2v) is 7.53. The third-order valence-corrected chi connectivity index (χ3v) is 4.66. The van der Waals surface area contributed by atoms with E-state index in [1.807, 2.05) is 0 Å². The van der Waals surface area contributed by atoms with Gasteiger partial charge in [0.15, 0.2) is 18.5 Å². The summed E-state index contributed by atoms with van der Waals surface area (Å²) in [5.74, 6) is -2.55. The van der Waals surface area contributed by atoms with E-state index >= 15 is 0 Å². The number of ether oxygens (including phenoxy) is 8. The minimum absolute atomic E-state index is 0.0131. The van der Waals surface area contributed by atoms with Crippen molar-refractivity contribution in [2.75, 3.05) is 53.4 Å². The number of carbonyl (C=O) groups excluding carboxylic acids is 5. The zero-order chi connectivity index (χ0) is 26.9. The lowest BCUT2D eigenvalue weighted by molar-refractivity contribution is -0.274. The van der Waals surface area contributed by atoms with Gasteiger partial charge in [0.05, 0.1) is 53.2 Å². The molecule has 1 aliphatic heterocycles. The van der Waals surface area contributed by atoms with Gasteiger partial charge in [-0.1, -0.05) is 0 Å². The summed E-state index contributed by atoms with van der Waals surface area (Å²) >= 11 is 0. The van der Waals surface area contributed by atoms with Crippen molar-refractivity contribution in [1.29, 1.82) is 0 Å². The molecule has 5 atom stereocenters. The molecule has 36 heavy (non-hydrogen) atoms. The van der Waals surface area contributed by atoms with Gasteiger partial charge in [-0.2, -0.15) is 0 Å². The van der Waals surface area contributed by atoms with Crippen LogP contribution >= 0.6 is 0 Å². The standard InChI is InChI=1S/C22H35NO13/c1-14(25)23-19-21(35-16(3)27)20(34-15(2)26)17(13-18(28)29-4)36-22(19)33-12-11-32-10-9-31-8-7-30-6-5-24/h5,17,19-22H,6-13H2,1-4H3,(H,23,25)/t17-,19-,20-,21-,22-/m1/s1. The van der Waals surface area contributed by atoms with Gasteiger partial charge in [0, 0.05) is 20.8 Å². The second-order valence-electron chi connectivity index (χ2n) is 7.53. The molecule has 0 aromatic rings. The van der Waals surface area contributed by atoms with Crippen LogP contribution in [-0.2, 0) is 61.9 Å². The van der Waals surface area contributed by atoms with Crippen LogP contribution in [0.2, 0.25) is 0 Å². The van der Waals surface area contributed by atoms with Crippen LogP contribution in [0.25, 0.3) is 0 Å². The number of nitrogens with one attached hydrogen (secondary N) is 1. The van der Waals surface area contributed by atoms with E-state index < -0.39 is 54.5 Å². The number of aldehydes is 1. The van der Waals surface area contributed by atoms with E-state index in [1.54, 1.807) is 0 Å². The predicted octanol–water partition coefficient (Wildman–Crippen LogP) is -1.09. The van der Waals surface area contributed by atoms with Gasteiger partial charge in [0.2, 0.25) is 5.91 Å². The molecule has 0 saturated carbocycles. The van der Waals surface area contributed by atoms with Crippen LogP contribution in [0.5, 0.6) is 0 Å². The third-order valence-electron chi connectivity index (χ3n) is 4.66. The minimum atomic E-state index is -1.22. The molecule has 0 spiro atoms. The van der Waals surface area contributed by atoms with Gasteiger partial charge in [-0.3, -0.25) is 19.2 Å². The average Bonchev–Trinajstić information content (AvgIpc) is 2.80. The van der Waals surface area contributed by atoms with E-state index in [0.29, 0.717) is 19.5 Å². The Hall–Kier alpha value is -2.65. The third kappa shape index (κ3) is 12.4. The zero-order valence-electron chi connectivity index (χ0n) is 20.9. The Balaban J connectivity index is 2.79. The molecule has 0 aliphatic carbocycles. The molecule has 0 unspecified atom stereocenters. The van der Waals surface area contributed by atoms with Gasteiger partial charge < -0.3 is 48.0 Å². The first-order valence-electron chi connectivity index (χ1n) is 11.3. The number of amides is 1. The Morgan fingerprint density at radius 3 is 1.92 bits per heavy atom. The lowest BCUT2D eigenvalue weighted by Gasteiger charge is -2.45. The van der Waals surface area contributed by atoms with Gasteiger partial charge in [-0.25, -0.2) is 0 Å². The maximum Gasteiger partial charge on any atom is 0.308 e. The van der Waals surface area contributed by atoms with E-state index in [-0.39, 0.29) is 39.5 Å². The quantitative estimate of drug-likeness (QED) is 0.106. The summed E-state index contributed by atoms with van der Waals surface area (Å²) in [6.45, 7) is 4.85. The van der Waals surface area contributed by atoms with Crippen molar-refractivity contribution in [3.63, 3.8) is 0 Å². The molecule has 1 amide bonds. The Morgan fingerprint density at radius 2 is 1.39 bits per heavy atom. The van der Waals surface area contributed by atoms with E-state index in [1.165, 1.54) is 14.0 Å². The Morgan fingerprint density at radius 1 is 0.833 bits per heavy atom. The number of esters is 3. The molecular formula is C22H35NO13. The van der Waals surface area contributed by atoms with Crippen LogP contribution in [0, 0.1) is 0 Å². The smallest absolute Gasteiger partial charge is 0.308 e. The maximum atomic E-state index is 11.9. The molecule has 0 radical (unpaired) electrons. The SMILES string of the molecule is COC(=O)C[C@H]1O[C@@H](OCCOCCOCCOCC=O)[C@H](NC(C)=O)[C@@H](OC(C)=O)[C@@H]1OC(C)=O. The number of carbonyl (C=O) groups is 5. The molecule has 1 heterocycles. The molecular weight excluding hydrogens is 486 g/mol. The summed E-state index contributed by atoms with van der Waals surface area (Å²) in [7, 11) is 1.18. The van der Waals surface area contributed by atoms with Gasteiger partial charge in [-0.05, 0) is 0 Å². The Kier molecular flexibility index (Phi) is 15.5. The molecule has 1 rings (SSSR count). The van der Waals surface area contributed by atoms with Gasteiger partial charge in [0.25, 0.3) is 0 Å². The van der Waals surface area contributed by atoms with Crippen LogP contribution in [0.3, 0.4) is 0 Å². The number of hydrogen-bond donors (Lipinski definition) is 1. The van der Waals surface area contributed by atoms with E-state index in [0.717, 1.165) is 13.8 Å². The molecule has 14 nitrogen and oxygen atoms in total. The van der Waals surface area contributed by atoms with Crippen LogP contribution in [-0.4, -0.2) is 114 Å². The molecule has 14 heteroatoms. The number of rotatable bonds is 17. The first-order valence-corrected chi connectivity index (χ1v) is 11.3. The molecule has 1 fully saturated rings. The van der Waals surface area contributed by atoms with Crippen molar-refractivity contribution in [2.24, 2.45) is 0 Å². The summed E-state index contributed by atoms with van der Waals surface area (Å²) in [5, 5.41) is 2.60. The van der Waals surface area contributed by atoms with Crippen LogP contribution in [0.1, 0.15) is 27.2 Å². The summed E-state index contributed by atoms with van der Waals surface area (Å²) in [6, 6.07) is -1.06. The summed E-state index contributed by atoms with van der Waals surface area (Å²) in [5.41, 5.74) is 0.